The van der Waals surface area contributed by atoms with Crippen molar-refractivity contribution in [3.63, 3.8) is 0 Å². The van der Waals surface area contributed by atoms with Crippen LogP contribution in [0.15, 0.2) is 0 Å². The fraction of sp³-hybridized carbons (Fsp3) is 0.950. The minimum Gasteiger partial charge on any atom is -0.396 e. The lowest BCUT2D eigenvalue weighted by Gasteiger charge is -2.33. The summed E-state index contributed by atoms with van der Waals surface area (Å²) in [6.45, 7) is 1.66. The van der Waals surface area contributed by atoms with E-state index < -0.39 is 0 Å². The predicted octanol–water partition coefficient (Wildman–Crippen LogP) is 2.32. The van der Waals surface area contributed by atoms with E-state index >= 15 is 0 Å². The van der Waals surface area contributed by atoms with Gasteiger partial charge in [0.15, 0.2) is 0 Å². The third kappa shape index (κ3) is 8.52. The third-order valence-electron chi connectivity index (χ3n) is 6.10. The van der Waals surface area contributed by atoms with Crippen LogP contribution in [0, 0.1) is 11.8 Å². The first-order chi connectivity index (χ1) is 12.2. The SMILES string of the molecule is NC1CCC(CC2CCC(NCCC(=O)NCCCCO)CC2)CC1. The molecule has 0 saturated heterocycles. The number of hydrogen-bond acceptors (Lipinski definition) is 4. The Kier molecular flexibility index (Phi) is 9.81. The summed E-state index contributed by atoms with van der Waals surface area (Å²) in [6.07, 6.45) is 13.9. The molecular weight excluding hydrogens is 314 g/mol. The van der Waals surface area contributed by atoms with Crippen LogP contribution in [0.25, 0.3) is 0 Å². The molecule has 146 valence electrons. The van der Waals surface area contributed by atoms with Gasteiger partial charge in [0.1, 0.15) is 0 Å². The minimum absolute atomic E-state index is 0.120. The van der Waals surface area contributed by atoms with E-state index in [-0.39, 0.29) is 12.5 Å². The maximum atomic E-state index is 11.7. The second kappa shape index (κ2) is 11.9. The van der Waals surface area contributed by atoms with Crippen LogP contribution in [0.1, 0.15) is 77.0 Å². The molecule has 0 bridgehead atoms. The van der Waals surface area contributed by atoms with Crippen LogP contribution in [0.3, 0.4) is 0 Å². The topological polar surface area (TPSA) is 87.4 Å². The van der Waals surface area contributed by atoms with E-state index in [4.69, 9.17) is 10.8 Å². The quantitative estimate of drug-likeness (QED) is 0.454. The Morgan fingerprint density at radius 1 is 0.920 bits per heavy atom. The van der Waals surface area contributed by atoms with Crippen molar-refractivity contribution < 1.29 is 9.90 Å². The molecule has 2 rings (SSSR count). The van der Waals surface area contributed by atoms with Gasteiger partial charge >= 0.3 is 0 Å². The Morgan fingerprint density at radius 2 is 1.56 bits per heavy atom. The molecule has 0 aromatic heterocycles. The lowest BCUT2D eigenvalue weighted by molar-refractivity contribution is -0.121. The molecule has 0 aromatic carbocycles. The molecular formula is C20H39N3O2. The molecule has 2 fully saturated rings. The summed E-state index contributed by atoms with van der Waals surface area (Å²) in [6, 6.07) is 1.06. The Morgan fingerprint density at radius 3 is 2.20 bits per heavy atom. The van der Waals surface area contributed by atoms with Gasteiger partial charge in [-0.3, -0.25) is 4.79 Å². The molecule has 2 saturated carbocycles. The number of nitrogens with two attached hydrogens (primary N) is 1. The van der Waals surface area contributed by atoms with Crippen molar-refractivity contribution in [2.45, 2.75) is 89.1 Å². The Balaban J connectivity index is 1.48. The van der Waals surface area contributed by atoms with Crippen molar-refractivity contribution >= 4 is 5.91 Å². The number of unbranched alkanes of at least 4 members (excludes halogenated alkanes) is 1. The van der Waals surface area contributed by atoms with Crippen LogP contribution in [0.4, 0.5) is 0 Å². The molecule has 0 heterocycles. The zero-order valence-corrected chi connectivity index (χ0v) is 15.8. The van der Waals surface area contributed by atoms with Gasteiger partial charge < -0.3 is 21.5 Å². The smallest absolute Gasteiger partial charge is 0.221 e. The second-order valence-corrected chi connectivity index (χ2v) is 8.22. The van der Waals surface area contributed by atoms with Crippen LogP contribution >= 0.6 is 0 Å². The number of rotatable bonds is 10. The van der Waals surface area contributed by atoms with E-state index in [0.29, 0.717) is 25.0 Å². The second-order valence-electron chi connectivity index (χ2n) is 8.22. The van der Waals surface area contributed by atoms with E-state index in [9.17, 15) is 4.79 Å². The van der Waals surface area contributed by atoms with Crippen LogP contribution in [-0.4, -0.2) is 42.8 Å². The molecule has 0 radical (unpaired) electrons. The standard InChI is InChI=1S/C20H39N3O2/c21-18-7-3-16(4-8-18)15-17-5-9-19(10-6-17)22-13-11-20(25)23-12-1-2-14-24/h16-19,22,24H,1-15,21H2,(H,23,25). The highest BCUT2D eigenvalue weighted by Crippen LogP contribution is 2.35. The number of hydrogen-bond donors (Lipinski definition) is 4. The molecule has 0 aromatic rings. The third-order valence-corrected chi connectivity index (χ3v) is 6.10. The molecule has 0 unspecified atom stereocenters. The molecule has 1 amide bonds. The van der Waals surface area contributed by atoms with Crippen LogP contribution in [0.2, 0.25) is 0 Å². The first-order valence-electron chi connectivity index (χ1n) is 10.5. The van der Waals surface area contributed by atoms with Gasteiger partial charge in [-0.25, -0.2) is 0 Å². The summed E-state index contributed by atoms with van der Waals surface area (Å²) in [4.78, 5) is 11.7. The van der Waals surface area contributed by atoms with Crippen molar-refractivity contribution in [1.29, 1.82) is 0 Å². The molecule has 0 aliphatic heterocycles. The molecule has 5 nitrogen and oxygen atoms in total. The molecule has 25 heavy (non-hydrogen) atoms. The average molecular weight is 354 g/mol. The molecule has 2 aliphatic carbocycles. The molecule has 5 N–H and O–H groups in total. The summed E-state index contributed by atoms with van der Waals surface area (Å²) < 4.78 is 0. The van der Waals surface area contributed by atoms with Gasteiger partial charge in [0.25, 0.3) is 0 Å². The number of nitrogens with one attached hydrogen (secondary N) is 2. The maximum absolute atomic E-state index is 11.7. The van der Waals surface area contributed by atoms with E-state index in [1.165, 1.54) is 57.8 Å². The number of carbonyl (C=O) groups is 1. The Hall–Kier alpha value is -0.650. The lowest BCUT2D eigenvalue weighted by atomic mass is 9.76. The zero-order valence-electron chi connectivity index (χ0n) is 15.8. The van der Waals surface area contributed by atoms with Gasteiger partial charge in [0.05, 0.1) is 0 Å². The highest BCUT2D eigenvalue weighted by molar-refractivity contribution is 5.75. The number of carbonyl (C=O) groups excluding carboxylic acids is 1. The monoisotopic (exact) mass is 353 g/mol. The first-order valence-corrected chi connectivity index (χ1v) is 10.5. The van der Waals surface area contributed by atoms with E-state index in [1.54, 1.807) is 0 Å². The van der Waals surface area contributed by atoms with Crippen LogP contribution < -0.4 is 16.4 Å². The number of aliphatic hydroxyl groups excluding tert-OH is 1. The highest BCUT2D eigenvalue weighted by atomic mass is 16.2. The van der Waals surface area contributed by atoms with Crippen molar-refractivity contribution in [3.8, 4) is 0 Å². The van der Waals surface area contributed by atoms with Gasteiger partial charge in [-0.2, -0.15) is 0 Å². The minimum atomic E-state index is 0.120. The fourth-order valence-electron chi connectivity index (χ4n) is 4.44. The van der Waals surface area contributed by atoms with Gasteiger partial charge in [0.2, 0.25) is 5.91 Å². The van der Waals surface area contributed by atoms with Gasteiger partial charge in [0, 0.05) is 38.2 Å². The zero-order chi connectivity index (χ0) is 17.9. The van der Waals surface area contributed by atoms with E-state index in [1.807, 2.05) is 0 Å². The van der Waals surface area contributed by atoms with E-state index in [2.05, 4.69) is 10.6 Å². The van der Waals surface area contributed by atoms with Crippen molar-refractivity contribution in [3.05, 3.63) is 0 Å². The average Bonchev–Trinajstić information content (AvgIpc) is 2.62. The summed E-state index contributed by atoms with van der Waals surface area (Å²) in [7, 11) is 0. The highest BCUT2D eigenvalue weighted by Gasteiger charge is 2.25. The number of amides is 1. The maximum Gasteiger partial charge on any atom is 0.221 e. The van der Waals surface area contributed by atoms with Crippen molar-refractivity contribution in [2.75, 3.05) is 19.7 Å². The molecule has 5 heteroatoms. The summed E-state index contributed by atoms with van der Waals surface area (Å²) in [5.41, 5.74) is 6.01. The largest absolute Gasteiger partial charge is 0.396 e. The molecule has 0 atom stereocenters. The molecule has 0 spiro atoms. The van der Waals surface area contributed by atoms with Gasteiger partial charge in [-0.05, 0) is 82.5 Å². The Bertz CT molecular complexity index is 362. The fourth-order valence-corrected chi connectivity index (χ4v) is 4.44. The van der Waals surface area contributed by atoms with Crippen LogP contribution in [-0.2, 0) is 4.79 Å². The van der Waals surface area contributed by atoms with Gasteiger partial charge in [-0.15, -0.1) is 0 Å². The van der Waals surface area contributed by atoms with Crippen molar-refractivity contribution in [2.24, 2.45) is 17.6 Å². The van der Waals surface area contributed by atoms with Crippen LogP contribution in [0.5, 0.6) is 0 Å². The summed E-state index contributed by atoms with van der Waals surface area (Å²) in [5.74, 6) is 1.95. The van der Waals surface area contributed by atoms with Gasteiger partial charge in [-0.1, -0.05) is 0 Å². The Labute approximate surface area is 153 Å². The predicted molar refractivity (Wildman–Crippen MR) is 102 cm³/mol. The lowest BCUT2D eigenvalue weighted by Crippen LogP contribution is -2.36. The van der Waals surface area contributed by atoms with Crippen molar-refractivity contribution in [1.82, 2.24) is 10.6 Å². The number of aliphatic hydroxyl groups is 1. The normalized spacial score (nSPS) is 30.2. The summed E-state index contributed by atoms with van der Waals surface area (Å²) >= 11 is 0. The van der Waals surface area contributed by atoms with E-state index in [0.717, 1.165) is 31.2 Å². The molecule has 2 aliphatic rings. The summed E-state index contributed by atoms with van der Waals surface area (Å²) in [5, 5.41) is 15.2. The first kappa shape index (κ1) is 20.7.